The van der Waals surface area contributed by atoms with Crippen molar-refractivity contribution in [1.29, 1.82) is 0 Å². The van der Waals surface area contributed by atoms with Crippen LogP contribution < -0.4 is 10.8 Å². The molecule has 1 amide bonds. The minimum Gasteiger partial charge on any atom is -0.465 e. The van der Waals surface area contributed by atoms with Gasteiger partial charge in [-0.15, -0.1) is 0 Å². The molecule has 0 saturated carbocycles. The molecule has 5 nitrogen and oxygen atoms in total. The van der Waals surface area contributed by atoms with E-state index in [1.54, 1.807) is 0 Å². The summed E-state index contributed by atoms with van der Waals surface area (Å²) in [5, 5.41) is 11.3. The molecule has 1 aliphatic carbocycles. The number of nitrogens with one attached hydrogen (secondary N) is 1. The van der Waals surface area contributed by atoms with Crippen LogP contribution in [0.4, 0.5) is 13.6 Å². The van der Waals surface area contributed by atoms with Gasteiger partial charge in [0.15, 0.2) is 0 Å². The lowest BCUT2D eigenvalue weighted by Gasteiger charge is -2.32. The van der Waals surface area contributed by atoms with Gasteiger partial charge in [-0.2, -0.15) is 0 Å². The minimum absolute atomic E-state index is 0.242. The first-order valence-corrected chi connectivity index (χ1v) is 8.39. The summed E-state index contributed by atoms with van der Waals surface area (Å²) >= 11 is 0. The molecule has 1 saturated heterocycles. The average Bonchev–Trinajstić information content (AvgIpc) is 2.67. The van der Waals surface area contributed by atoms with Crippen LogP contribution in [-0.4, -0.2) is 29.5 Å². The molecule has 1 aliphatic heterocycles. The Hall–Kier alpha value is -1.67. The highest BCUT2D eigenvalue weighted by molar-refractivity contribution is 6.62. The molecule has 25 heavy (non-hydrogen) atoms. The molecule has 2 aliphatic rings. The quantitative estimate of drug-likeness (QED) is 0.803. The van der Waals surface area contributed by atoms with Gasteiger partial charge < -0.3 is 19.7 Å². The van der Waals surface area contributed by atoms with Crippen molar-refractivity contribution in [3.63, 3.8) is 0 Å². The molecule has 1 fully saturated rings. The van der Waals surface area contributed by atoms with Crippen molar-refractivity contribution in [3.05, 3.63) is 28.8 Å². The lowest BCUT2D eigenvalue weighted by atomic mass is 9.74. The summed E-state index contributed by atoms with van der Waals surface area (Å²) in [6.07, 6.45) is 0.331. The van der Waals surface area contributed by atoms with E-state index in [4.69, 9.17) is 14.4 Å². The summed E-state index contributed by atoms with van der Waals surface area (Å²) in [4.78, 5) is 10.9. The topological polar surface area (TPSA) is 67.8 Å². The van der Waals surface area contributed by atoms with Crippen LogP contribution in [0.15, 0.2) is 6.07 Å². The highest BCUT2D eigenvalue weighted by Crippen LogP contribution is 2.38. The fourth-order valence-corrected chi connectivity index (χ4v) is 3.37. The molecule has 136 valence electrons. The van der Waals surface area contributed by atoms with Crippen molar-refractivity contribution in [2.45, 2.75) is 64.2 Å². The Balaban J connectivity index is 2.03. The number of rotatable bonds is 2. The lowest BCUT2D eigenvalue weighted by molar-refractivity contribution is 0.00578. The maximum Gasteiger partial charge on any atom is 0.500 e. The van der Waals surface area contributed by atoms with E-state index >= 15 is 4.39 Å². The Morgan fingerprint density at radius 2 is 1.88 bits per heavy atom. The molecule has 1 aromatic rings. The fraction of sp³-hybridized carbons (Fsp3) is 0.588. The van der Waals surface area contributed by atoms with Gasteiger partial charge in [-0.3, -0.25) is 0 Å². The van der Waals surface area contributed by atoms with Crippen LogP contribution in [0.25, 0.3) is 0 Å². The normalized spacial score (nSPS) is 24.1. The standard InChI is InChI=1S/C17H22BF2NO4/c1-16(2)17(3,4)25-18(24-16)13-11(19)8-10-9(14(13)20)6-5-7-12(10)21-15(22)23/h8,12,21H,5-7H2,1-4H3,(H,22,23). The van der Waals surface area contributed by atoms with Gasteiger partial charge in [-0.25, -0.2) is 13.6 Å². The van der Waals surface area contributed by atoms with Crippen LogP contribution >= 0.6 is 0 Å². The molecule has 1 heterocycles. The summed E-state index contributed by atoms with van der Waals surface area (Å²) in [5.41, 5.74) is -0.979. The largest absolute Gasteiger partial charge is 0.500 e. The molecule has 1 unspecified atom stereocenters. The van der Waals surface area contributed by atoms with E-state index < -0.39 is 42.1 Å². The highest BCUT2D eigenvalue weighted by atomic mass is 19.1. The molecular formula is C17H22BF2NO4. The second kappa shape index (κ2) is 5.95. The van der Waals surface area contributed by atoms with Gasteiger partial charge >= 0.3 is 13.2 Å². The molecular weight excluding hydrogens is 331 g/mol. The van der Waals surface area contributed by atoms with Gasteiger partial charge in [0.1, 0.15) is 11.6 Å². The van der Waals surface area contributed by atoms with Crippen molar-refractivity contribution in [3.8, 4) is 0 Å². The van der Waals surface area contributed by atoms with Crippen LogP contribution in [0.3, 0.4) is 0 Å². The van der Waals surface area contributed by atoms with Crippen LogP contribution in [0.5, 0.6) is 0 Å². The minimum atomic E-state index is -1.21. The van der Waals surface area contributed by atoms with Gasteiger partial charge in [0.05, 0.1) is 22.7 Å². The van der Waals surface area contributed by atoms with Crippen LogP contribution in [0, 0.1) is 11.6 Å². The van der Waals surface area contributed by atoms with Crippen LogP contribution in [-0.2, 0) is 15.7 Å². The van der Waals surface area contributed by atoms with Crippen molar-refractivity contribution in [2.24, 2.45) is 0 Å². The molecule has 1 atom stereocenters. The van der Waals surface area contributed by atoms with E-state index in [0.29, 0.717) is 30.4 Å². The number of hydrogen-bond acceptors (Lipinski definition) is 3. The summed E-state index contributed by atoms with van der Waals surface area (Å²) < 4.78 is 41.4. The summed E-state index contributed by atoms with van der Waals surface area (Å²) in [6.45, 7) is 7.25. The van der Waals surface area contributed by atoms with Gasteiger partial charge in [0.2, 0.25) is 0 Å². The van der Waals surface area contributed by atoms with Crippen molar-refractivity contribution >= 4 is 18.7 Å². The maximum absolute atomic E-state index is 15.1. The fourth-order valence-electron chi connectivity index (χ4n) is 3.37. The molecule has 1 aromatic carbocycles. The smallest absolute Gasteiger partial charge is 0.465 e. The van der Waals surface area contributed by atoms with E-state index in [9.17, 15) is 9.18 Å². The number of carboxylic acid groups (broad SMARTS) is 1. The second-order valence-electron chi connectivity index (χ2n) is 7.64. The Labute approximate surface area is 145 Å². The molecule has 0 spiro atoms. The first-order valence-electron chi connectivity index (χ1n) is 8.39. The average molecular weight is 353 g/mol. The third kappa shape index (κ3) is 3.02. The molecule has 0 aromatic heterocycles. The summed E-state index contributed by atoms with van der Waals surface area (Å²) in [5.74, 6) is -1.49. The van der Waals surface area contributed by atoms with Crippen LogP contribution in [0.1, 0.15) is 57.7 Å². The lowest BCUT2D eigenvalue weighted by Crippen LogP contribution is -2.41. The van der Waals surface area contributed by atoms with Crippen molar-refractivity contribution in [1.82, 2.24) is 5.32 Å². The first kappa shape index (κ1) is 18.1. The zero-order valence-electron chi connectivity index (χ0n) is 14.8. The zero-order chi connectivity index (χ0) is 18.6. The molecule has 0 radical (unpaired) electrons. The number of hydrogen-bond donors (Lipinski definition) is 2. The Morgan fingerprint density at radius 1 is 1.28 bits per heavy atom. The third-order valence-corrected chi connectivity index (χ3v) is 5.47. The molecule has 2 N–H and O–H groups in total. The van der Waals surface area contributed by atoms with Gasteiger partial charge in [0, 0.05) is 0 Å². The summed E-state index contributed by atoms with van der Waals surface area (Å²) in [6, 6.07) is 0.594. The summed E-state index contributed by atoms with van der Waals surface area (Å²) in [7, 11) is -1.14. The van der Waals surface area contributed by atoms with E-state index in [2.05, 4.69) is 5.32 Å². The van der Waals surface area contributed by atoms with Crippen molar-refractivity contribution in [2.75, 3.05) is 0 Å². The highest BCUT2D eigenvalue weighted by Gasteiger charge is 2.53. The third-order valence-electron chi connectivity index (χ3n) is 5.47. The van der Waals surface area contributed by atoms with Crippen molar-refractivity contribution < 1.29 is 28.0 Å². The number of benzene rings is 1. The van der Waals surface area contributed by atoms with E-state index in [1.807, 2.05) is 27.7 Å². The number of halogens is 2. The van der Waals surface area contributed by atoms with Gasteiger partial charge in [-0.05, 0) is 64.2 Å². The SMILES string of the molecule is CC1(C)OB(c2c(F)cc3c(c2F)CCCC3NC(=O)O)OC1(C)C. The van der Waals surface area contributed by atoms with E-state index in [0.717, 1.165) is 0 Å². The van der Waals surface area contributed by atoms with E-state index in [1.165, 1.54) is 6.07 Å². The molecule has 3 rings (SSSR count). The van der Waals surface area contributed by atoms with Crippen LogP contribution in [0.2, 0.25) is 0 Å². The second-order valence-corrected chi connectivity index (χ2v) is 7.64. The number of fused-ring (bicyclic) bond motifs is 1. The number of carbonyl (C=O) groups is 1. The Kier molecular flexibility index (Phi) is 4.32. The number of amides is 1. The maximum atomic E-state index is 15.1. The first-order chi connectivity index (χ1) is 11.5. The predicted molar refractivity (Wildman–Crippen MR) is 88.9 cm³/mol. The Bertz CT molecular complexity index is 707. The Morgan fingerprint density at radius 3 is 2.44 bits per heavy atom. The van der Waals surface area contributed by atoms with Gasteiger partial charge in [0.25, 0.3) is 0 Å². The molecule has 8 heteroatoms. The van der Waals surface area contributed by atoms with Gasteiger partial charge in [-0.1, -0.05) is 0 Å². The predicted octanol–water partition coefficient (Wildman–Crippen LogP) is 2.91. The zero-order valence-corrected chi connectivity index (χ0v) is 14.8. The molecule has 0 bridgehead atoms. The monoisotopic (exact) mass is 353 g/mol. The van der Waals surface area contributed by atoms with E-state index in [-0.39, 0.29) is 5.46 Å².